The van der Waals surface area contributed by atoms with Crippen molar-refractivity contribution in [2.75, 3.05) is 37.8 Å². The van der Waals surface area contributed by atoms with Crippen LogP contribution in [0.15, 0.2) is 30.3 Å². The van der Waals surface area contributed by atoms with Crippen LogP contribution in [0.25, 0.3) is 0 Å². The predicted octanol–water partition coefficient (Wildman–Crippen LogP) is 0.775. The van der Waals surface area contributed by atoms with Crippen molar-refractivity contribution in [2.24, 2.45) is 0 Å². The Morgan fingerprint density at radius 3 is 2.32 bits per heavy atom. The zero-order valence-corrected chi connectivity index (χ0v) is 11.8. The first kappa shape index (κ1) is 16.0. The molecule has 0 aliphatic carbocycles. The summed E-state index contributed by atoms with van der Waals surface area (Å²) in [5, 5.41) is 17.7. The molecule has 0 aromatic heterocycles. The zero-order chi connectivity index (χ0) is 13.9. The van der Waals surface area contributed by atoms with E-state index in [1.54, 1.807) is 11.8 Å². The first-order valence-electron chi connectivity index (χ1n) is 6.39. The predicted molar refractivity (Wildman–Crippen MR) is 78.2 cm³/mol. The molecule has 0 bridgehead atoms. The molecule has 0 unspecified atom stereocenters. The second-order valence-electron chi connectivity index (χ2n) is 4.12. The fourth-order valence-corrected chi connectivity index (χ4v) is 2.57. The second-order valence-corrected chi connectivity index (χ2v) is 5.22. The van der Waals surface area contributed by atoms with Crippen molar-refractivity contribution in [1.29, 1.82) is 0 Å². The van der Waals surface area contributed by atoms with Crippen molar-refractivity contribution in [3.05, 3.63) is 35.9 Å². The molecule has 0 saturated heterocycles. The first-order chi connectivity index (χ1) is 9.27. The Kier molecular flexibility index (Phi) is 8.29. The van der Waals surface area contributed by atoms with Gasteiger partial charge < -0.3 is 15.1 Å². The molecule has 0 fully saturated rings. The van der Waals surface area contributed by atoms with E-state index in [0.29, 0.717) is 18.8 Å². The molecule has 0 aliphatic rings. The highest BCUT2D eigenvalue weighted by Gasteiger charge is 2.11. The summed E-state index contributed by atoms with van der Waals surface area (Å²) < 4.78 is 0. The molecule has 0 spiro atoms. The number of amides is 1. The Bertz CT molecular complexity index is 353. The van der Waals surface area contributed by atoms with Gasteiger partial charge in [-0.3, -0.25) is 4.79 Å². The van der Waals surface area contributed by atoms with E-state index in [1.807, 2.05) is 18.2 Å². The number of carbonyl (C=O) groups excluding carboxylic acids is 1. The van der Waals surface area contributed by atoms with Gasteiger partial charge in [-0.25, -0.2) is 0 Å². The van der Waals surface area contributed by atoms with E-state index in [0.717, 1.165) is 12.2 Å². The van der Waals surface area contributed by atoms with Crippen molar-refractivity contribution in [1.82, 2.24) is 4.90 Å². The van der Waals surface area contributed by atoms with Gasteiger partial charge in [0.15, 0.2) is 0 Å². The molecule has 19 heavy (non-hydrogen) atoms. The van der Waals surface area contributed by atoms with E-state index in [2.05, 4.69) is 12.1 Å². The largest absolute Gasteiger partial charge is 0.395 e. The van der Waals surface area contributed by atoms with E-state index < -0.39 is 0 Å². The molecule has 1 amide bonds. The molecule has 1 rings (SSSR count). The van der Waals surface area contributed by atoms with E-state index in [-0.39, 0.29) is 19.1 Å². The summed E-state index contributed by atoms with van der Waals surface area (Å²) in [4.78, 5) is 13.3. The molecule has 0 atom stereocenters. The summed E-state index contributed by atoms with van der Waals surface area (Å²) in [6, 6.07) is 10.2. The number of rotatable bonds is 9. The topological polar surface area (TPSA) is 60.8 Å². The van der Waals surface area contributed by atoms with Crippen molar-refractivity contribution >= 4 is 17.7 Å². The van der Waals surface area contributed by atoms with Crippen molar-refractivity contribution < 1.29 is 15.0 Å². The minimum Gasteiger partial charge on any atom is -0.395 e. The molecular weight excluding hydrogens is 262 g/mol. The standard InChI is InChI=1S/C14H21NO3S/c16-9-7-15(8-10-17)14(18)12-19-11-6-13-4-2-1-3-5-13/h1-5,16-17H,6-12H2. The minimum atomic E-state index is -0.0690. The van der Waals surface area contributed by atoms with E-state index in [1.165, 1.54) is 10.5 Å². The van der Waals surface area contributed by atoms with Crippen molar-refractivity contribution in [2.45, 2.75) is 6.42 Å². The lowest BCUT2D eigenvalue weighted by Crippen LogP contribution is -2.37. The van der Waals surface area contributed by atoms with Crippen LogP contribution in [-0.4, -0.2) is 58.8 Å². The van der Waals surface area contributed by atoms with Crippen LogP contribution in [0.3, 0.4) is 0 Å². The molecule has 0 aliphatic heterocycles. The molecule has 0 saturated carbocycles. The van der Waals surface area contributed by atoms with Gasteiger partial charge in [-0.05, 0) is 17.7 Å². The van der Waals surface area contributed by atoms with Crippen LogP contribution in [0, 0.1) is 0 Å². The number of carbonyl (C=O) groups is 1. The summed E-state index contributed by atoms with van der Waals surface area (Å²) in [5.41, 5.74) is 1.27. The van der Waals surface area contributed by atoms with Gasteiger partial charge in [-0.15, -0.1) is 0 Å². The van der Waals surface area contributed by atoms with Crippen LogP contribution < -0.4 is 0 Å². The molecule has 5 heteroatoms. The van der Waals surface area contributed by atoms with Gasteiger partial charge in [0.1, 0.15) is 0 Å². The SMILES string of the molecule is O=C(CSCCc1ccccc1)N(CCO)CCO. The smallest absolute Gasteiger partial charge is 0.232 e. The highest BCUT2D eigenvalue weighted by molar-refractivity contribution is 7.99. The van der Waals surface area contributed by atoms with Crippen LogP contribution >= 0.6 is 11.8 Å². The number of benzene rings is 1. The summed E-state index contributed by atoms with van der Waals surface area (Å²) in [5.74, 6) is 1.26. The number of aliphatic hydroxyl groups is 2. The van der Waals surface area contributed by atoms with Gasteiger partial charge in [0, 0.05) is 13.1 Å². The van der Waals surface area contributed by atoms with Crippen LogP contribution in [0.5, 0.6) is 0 Å². The van der Waals surface area contributed by atoms with Crippen LogP contribution in [-0.2, 0) is 11.2 Å². The Balaban J connectivity index is 2.22. The summed E-state index contributed by atoms with van der Waals surface area (Å²) >= 11 is 1.58. The monoisotopic (exact) mass is 283 g/mol. The average Bonchev–Trinajstić information content (AvgIpc) is 2.44. The maximum absolute atomic E-state index is 11.8. The average molecular weight is 283 g/mol. The van der Waals surface area contributed by atoms with Gasteiger partial charge in [-0.1, -0.05) is 30.3 Å². The molecule has 2 N–H and O–H groups in total. The fraction of sp³-hybridized carbons (Fsp3) is 0.500. The van der Waals surface area contributed by atoms with Gasteiger partial charge in [0.25, 0.3) is 0 Å². The van der Waals surface area contributed by atoms with E-state index in [9.17, 15) is 4.79 Å². The lowest BCUT2D eigenvalue weighted by molar-refractivity contribution is -0.129. The summed E-state index contributed by atoms with van der Waals surface area (Å²) in [6.07, 6.45) is 0.943. The number of thioether (sulfide) groups is 1. The third-order valence-corrected chi connectivity index (χ3v) is 3.64. The molecule has 0 radical (unpaired) electrons. The Labute approximate surface area is 118 Å². The van der Waals surface area contributed by atoms with E-state index in [4.69, 9.17) is 10.2 Å². The number of hydrogen-bond acceptors (Lipinski definition) is 4. The van der Waals surface area contributed by atoms with Crippen LogP contribution in [0.1, 0.15) is 5.56 Å². The zero-order valence-electron chi connectivity index (χ0n) is 11.0. The van der Waals surface area contributed by atoms with Gasteiger partial charge in [0.2, 0.25) is 5.91 Å². The third kappa shape index (κ3) is 6.61. The number of hydrogen-bond donors (Lipinski definition) is 2. The van der Waals surface area contributed by atoms with Gasteiger partial charge in [0.05, 0.1) is 19.0 Å². The molecule has 0 heterocycles. The molecule has 4 nitrogen and oxygen atoms in total. The minimum absolute atomic E-state index is 0.0267. The highest BCUT2D eigenvalue weighted by atomic mass is 32.2. The number of aryl methyl sites for hydroxylation is 1. The normalized spacial score (nSPS) is 10.4. The van der Waals surface area contributed by atoms with Crippen molar-refractivity contribution in [3.63, 3.8) is 0 Å². The quantitative estimate of drug-likeness (QED) is 0.657. The Morgan fingerprint density at radius 1 is 1.11 bits per heavy atom. The van der Waals surface area contributed by atoms with Crippen molar-refractivity contribution in [3.8, 4) is 0 Å². The van der Waals surface area contributed by atoms with Crippen LogP contribution in [0.4, 0.5) is 0 Å². The lowest BCUT2D eigenvalue weighted by atomic mass is 10.2. The fourth-order valence-electron chi connectivity index (χ4n) is 1.69. The maximum atomic E-state index is 11.8. The molecule has 1 aromatic carbocycles. The highest BCUT2D eigenvalue weighted by Crippen LogP contribution is 2.08. The Hall–Kier alpha value is -1.04. The number of aliphatic hydroxyl groups excluding tert-OH is 2. The first-order valence-corrected chi connectivity index (χ1v) is 7.54. The van der Waals surface area contributed by atoms with Gasteiger partial charge >= 0.3 is 0 Å². The second kappa shape index (κ2) is 9.83. The van der Waals surface area contributed by atoms with E-state index >= 15 is 0 Å². The lowest BCUT2D eigenvalue weighted by Gasteiger charge is -2.20. The molecule has 106 valence electrons. The molecule has 1 aromatic rings. The maximum Gasteiger partial charge on any atom is 0.232 e. The summed E-state index contributed by atoms with van der Waals surface area (Å²) in [6.45, 7) is 0.443. The van der Waals surface area contributed by atoms with Crippen LogP contribution in [0.2, 0.25) is 0 Å². The Morgan fingerprint density at radius 2 is 1.74 bits per heavy atom. The summed E-state index contributed by atoms with van der Waals surface area (Å²) in [7, 11) is 0. The molecular formula is C14H21NO3S. The van der Waals surface area contributed by atoms with Gasteiger partial charge in [-0.2, -0.15) is 11.8 Å². The number of nitrogens with zero attached hydrogens (tertiary/aromatic N) is 1. The third-order valence-electron chi connectivity index (χ3n) is 2.70.